The topological polar surface area (TPSA) is 94.8 Å². The highest BCUT2D eigenvalue weighted by Crippen LogP contribution is 2.20. The predicted octanol–water partition coefficient (Wildman–Crippen LogP) is 3.66. The Kier molecular flexibility index (Phi) is 7.43. The van der Waals surface area contributed by atoms with Gasteiger partial charge in [-0.25, -0.2) is 9.59 Å². The van der Waals surface area contributed by atoms with E-state index in [1.807, 2.05) is 18.2 Å². The molecule has 0 saturated heterocycles. The Bertz CT molecular complexity index is 1120. The van der Waals surface area contributed by atoms with Gasteiger partial charge in [0.2, 0.25) is 0 Å². The van der Waals surface area contributed by atoms with E-state index in [0.29, 0.717) is 29.1 Å². The number of esters is 1. The Hall–Kier alpha value is -3.61. The lowest BCUT2D eigenvalue weighted by Gasteiger charge is -2.10. The minimum Gasteiger partial charge on any atom is -0.482 e. The fourth-order valence-corrected chi connectivity index (χ4v) is 2.92. The summed E-state index contributed by atoms with van der Waals surface area (Å²) in [6.45, 7) is 4.35. The highest BCUT2D eigenvalue weighted by Gasteiger charge is 2.13. The average molecular weight is 423 g/mol. The average Bonchev–Trinajstić information content (AvgIpc) is 2.77. The number of hydrogen-bond donors (Lipinski definition) is 1. The third-order valence-corrected chi connectivity index (χ3v) is 4.64. The first kappa shape index (κ1) is 22.1. The van der Waals surface area contributed by atoms with Crippen LogP contribution >= 0.6 is 0 Å². The van der Waals surface area contributed by atoms with Crippen molar-refractivity contribution in [1.82, 2.24) is 5.32 Å². The summed E-state index contributed by atoms with van der Waals surface area (Å²) in [7, 11) is 0. The van der Waals surface area contributed by atoms with Crippen molar-refractivity contribution in [2.45, 2.75) is 26.2 Å². The molecule has 0 fully saturated rings. The van der Waals surface area contributed by atoms with Crippen LogP contribution in [-0.4, -0.2) is 31.6 Å². The molecule has 0 bridgehead atoms. The van der Waals surface area contributed by atoms with Crippen LogP contribution in [-0.2, 0) is 9.53 Å². The molecule has 1 heterocycles. The van der Waals surface area contributed by atoms with E-state index >= 15 is 0 Å². The lowest BCUT2D eigenvalue weighted by molar-refractivity contribution is -0.146. The lowest BCUT2D eigenvalue weighted by atomic mass is 10.0. The first-order valence-corrected chi connectivity index (χ1v) is 10.1. The van der Waals surface area contributed by atoms with Crippen LogP contribution in [0.1, 0.15) is 42.1 Å². The van der Waals surface area contributed by atoms with Gasteiger partial charge in [-0.2, -0.15) is 0 Å². The van der Waals surface area contributed by atoms with Gasteiger partial charge in [-0.3, -0.25) is 4.79 Å². The SMILES string of the molecule is CC(C)c1cccc(OCC(=O)OCCCNC(=O)c2cc3ccccc3oc2=O)c1. The molecule has 31 heavy (non-hydrogen) atoms. The molecule has 7 heteroatoms. The normalized spacial score (nSPS) is 10.8. The Morgan fingerprint density at radius 3 is 2.68 bits per heavy atom. The van der Waals surface area contributed by atoms with Gasteiger partial charge in [0.1, 0.15) is 16.9 Å². The number of rotatable bonds is 9. The second-order valence-corrected chi connectivity index (χ2v) is 7.33. The van der Waals surface area contributed by atoms with Crippen LogP contribution in [0.25, 0.3) is 11.0 Å². The largest absolute Gasteiger partial charge is 0.482 e. The van der Waals surface area contributed by atoms with Gasteiger partial charge < -0.3 is 19.2 Å². The molecule has 0 unspecified atom stereocenters. The van der Waals surface area contributed by atoms with Crippen LogP contribution in [0.15, 0.2) is 63.8 Å². The summed E-state index contributed by atoms with van der Waals surface area (Å²) >= 11 is 0. The maximum atomic E-state index is 12.2. The Balaban J connectivity index is 1.38. The number of amides is 1. The van der Waals surface area contributed by atoms with Gasteiger partial charge in [0.25, 0.3) is 5.91 Å². The van der Waals surface area contributed by atoms with Crippen molar-refractivity contribution in [2.75, 3.05) is 19.8 Å². The fourth-order valence-electron chi connectivity index (χ4n) is 2.92. The van der Waals surface area contributed by atoms with Crippen molar-refractivity contribution >= 4 is 22.8 Å². The summed E-state index contributed by atoms with van der Waals surface area (Å²) in [4.78, 5) is 36.1. The van der Waals surface area contributed by atoms with Crippen molar-refractivity contribution in [2.24, 2.45) is 0 Å². The van der Waals surface area contributed by atoms with E-state index in [9.17, 15) is 14.4 Å². The zero-order chi connectivity index (χ0) is 22.2. The molecule has 0 aliphatic heterocycles. The zero-order valence-corrected chi connectivity index (χ0v) is 17.6. The molecule has 0 saturated carbocycles. The van der Waals surface area contributed by atoms with Gasteiger partial charge in [0, 0.05) is 11.9 Å². The van der Waals surface area contributed by atoms with E-state index in [0.717, 1.165) is 5.56 Å². The monoisotopic (exact) mass is 423 g/mol. The van der Waals surface area contributed by atoms with Crippen LogP contribution in [0, 0.1) is 0 Å². The van der Waals surface area contributed by atoms with Gasteiger partial charge >= 0.3 is 11.6 Å². The van der Waals surface area contributed by atoms with Gasteiger partial charge in [-0.15, -0.1) is 0 Å². The molecule has 162 valence electrons. The van der Waals surface area contributed by atoms with E-state index in [1.165, 1.54) is 6.07 Å². The molecule has 3 rings (SSSR count). The number of carbonyl (C=O) groups is 2. The van der Waals surface area contributed by atoms with Crippen LogP contribution in [0.5, 0.6) is 5.75 Å². The summed E-state index contributed by atoms with van der Waals surface area (Å²) in [6, 6.07) is 16.0. The molecule has 0 spiro atoms. The van der Waals surface area contributed by atoms with Crippen molar-refractivity contribution in [3.05, 3.63) is 76.1 Å². The van der Waals surface area contributed by atoms with E-state index in [-0.39, 0.29) is 25.3 Å². The first-order chi connectivity index (χ1) is 14.9. The standard InChI is InChI=1S/C24H25NO6/c1-16(2)17-8-5-9-19(13-17)30-15-22(26)29-12-6-11-25-23(27)20-14-18-7-3-4-10-21(18)31-24(20)28/h3-5,7-10,13-14,16H,6,11-12,15H2,1-2H3,(H,25,27). The molecule has 7 nitrogen and oxygen atoms in total. The van der Waals surface area contributed by atoms with Crippen molar-refractivity contribution in [3.8, 4) is 5.75 Å². The van der Waals surface area contributed by atoms with Crippen LogP contribution in [0.3, 0.4) is 0 Å². The molecule has 2 aromatic carbocycles. The number of hydrogen-bond acceptors (Lipinski definition) is 6. The number of fused-ring (bicyclic) bond motifs is 1. The summed E-state index contributed by atoms with van der Waals surface area (Å²) in [5, 5.41) is 3.30. The van der Waals surface area contributed by atoms with Gasteiger partial charge in [-0.1, -0.05) is 44.2 Å². The second kappa shape index (κ2) is 10.4. The zero-order valence-electron chi connectivity index (χ0n) is 17.6. The molecule has 3 aromatic rings. The van der Waals surface area contributed by atoms with Crippen molar-refractivity contribution in [3.63, 3.8) is 0 Å². The summed E-state index contributed by atoms with van der Waals surface area (Å²) < 4.78 is 15.7. The minimum absolute atomic E-state index is 0.0623. The van der Waals surface area contributed by atoms with E-state index in [1.54, 1.807) is 30.3 Å². The predicted molar refractivity (Wildman–Crippen MR) is 116 cm³/mol. The quantitative estimate of drug-likeness (QED) is 0.321. The van der Waals surface area contributed by atoms with Crippen LogP contribution < -0.4 is 15.7 Å². The molecule has 1 aromatic heterocycles. The maximum absolute atomic E-state index is 12.2. The molecule has 1 amide bonds. The summed E-state index contributed by atoms with van der Waals surface area (Å²) in [5.74, 6) is -0.0352. The highest BCUT2D eigenvalue weighted by atomic mass is 16.6. The third kappa shape index (κ3) is 6.18. The molecule has 1 N–H and O–H groups in total. The van der Waals surface area contributed by atoms with Crippen LogP contribution in [0.2, 0.25) is 0 Å². The molecular formula is C24H25NO6. The van der Waals surface area contributed by atoms with E-state index < -0.39 is 17.5 Å². The Labute approximate surface area is 180 Å². The van der Waals surface area contributed by atoms with Gasteiger partial charge in [0.05, 0.1) is 6.61 Å². The number of ether oxygens (including phenoxy) is 2. The van der Waals surface area contributed by atoms with Gasteiger partial charge in [-0.05, 0) is 42.2 Å². The smallest absolute Gasteiger partial charge is 0.349 e. The fraction of sp³-hybridized carbons (Fsp3) is 0.292. The summed E-state index contributed by atoms with van der Waals surface area (Å²) in [5.41, 5.74) is 0.796. The Morgan fingerprint density at radius 2 is 1.87 bits per heavy atom. The van der Waals surface area contributed by atoms with Crippen molar-refractivity contribution in [1.29, 1.82) is 0 Å². The molecule has 0 atom stereocenters. The minimum atomic E-state index is -0.693. The summed E-state index contributed by atoms with van der Waals surface area (Å²) in [6.07, 6.45) is 0.402. The number of carbonyl (C=O) groups excluding carboxylic acids is 2. The third-order valence-electron chi connectivity index (χ3n) is 4.64. The molecule has 0 radical (unpaired) electrons. The number of nitrogens with one attached hydrogen (secondary N) is 1. The molecule has 0 aliphatic rings. The first-order valence-electron chi connectivity index (χ1n) is 10.1. The second-order valence-electron chi connectivity index (χ2n) is 7.33. The maximum Gasteiger partial charge on any atom is 0.349 e. The lowest BCUT2D eigenvalue weighted by Crippen LogP contribution is -2.29. The number of benzene rings is 2. The number of para-hydroxylation sites is 1. The van der Waals surface area contributed by atoms with Crippen molar-refractivity contribution < 1.29 is 23.5 Å². The van der Waals surface area contributed by atoms with Gasteiger partial charge in [0.15, 0.2) is 6.61 Å². The highest BCUT2D eigenvalue weighted by molar-refractivity contribution is 5.96. The Morgan fingerprint density at radius 1 is 1.06 bits per heavy atom. The van der Waals surface area contributed by atoms with E-state index in [2.05, 4.69) is 19.2 Å². The van der Waals surface area contributed by atoms with Crippen LogP contribution in [0.4, 0.5) is 0 Å². The molecular weight excluding hydrogens is 398 g/mol. The van der Waals surface area contributed by atoms with E-state index in [4.69, 9.17) is 13.9 Å². The molecule has 0 aliphatic carbocycles.